The Balaban J connectivity index is 2.09. The van der Waals surface area contributed by atoms with Gasteiger partial charge < -0.3 is 15.0 Å². The predicted molar refractivity (Wildman–Crippen MR) is 71.9 cm³/mol. The minimum Gasteiger partial charge on any atom is -0.497 e. The van der Waals surface area contributed by atoms with E-state index in [0.29, 0.717) is 5.92 Å². The lowest BCUT2D eigenvalue weighted by atomic mass is 9.96. The molecule has 1 fully saturated rings. The Morgan fingerprint density at radius 1 is 1.33 bits per heavy atom. The van der Waals surface area contributed by atoms with Crippen LogP contribution >= 0.6 is 0 Å². The van der Waals surface area contributed by atoms with Crippen molar-refractivity contribution < 1.29 is 9.53 Å². The quantitative estimate of drug-likeness (QED) is 0.881. The minimum atomic E-state index is 0.0806. The van der Waals surface area contributed by atoms with Gasteiger partial charge in [0.15, 0.2) is 0 Å². The van der Waals surface area contributed by atoms with Crippen LogP contribution in [-0.2, 0) is 4.79 Å². The van der Waals surface area contributed by atoms with Crippen LogP contribution in [0.4, 0.5) is 5.69 Å². The van der Waals surface area contributed by atoms with Gasteiger partial charge in [-0.1, -0.05) is 6.92 Å². The fourth-order valence-corrected chi connectivity index (χ4v) is 2.32. The molecule has 0 bridgehead atoms. The standard InChI is InChI=1S/C14H20N2O2/c1-10-8-15-9-13(10)14(17)16(2)11-4-6-12(18-3)7-5-11/h4-7,10,13,15H,8-9H2,1-3H3. The molecule has 2 atom stereocenters. The van der Waals surface area contributed by atoms with Crippen molar-refractivity contribution in [2.45, 2.75) is 6.92 Å². The Bertz CT molecular complexity index is 416. The van der Waals surface area contributed by atoms with Gasteiger partial charge in [0, 0.05) is 19.3 Å². The van der Waals surface area contributed by atoms with Gasteiger partial charge in [0.05, 0.1) is 13.0 Å². The molecule has 0 aliphatic carbocycles. The highest BCUT2D eigenvalue weighted by molar-refractivity contribution is 5.95. The van der Waals surface area contributed by atoms with Gasteiger partial charge >= 0.3 is 0 Å². The molecule has 0 radical (unpaired) electrons. The number of ether oxygens (including phenoxy) is 1. The van der Waals surface area contributed by atoms with E-state index in [1.807, 2.05) is 31.3 Å². The topological polar surface area (TPSA) is 41.6 Å². The Hall–Kier alpha value is -1.55. The number of benzene rings is 1. The van der Waals surface area contributed by atoms with Crippen molar-refractivity contribution in [3.63, 3.8) is 0 Å². The first-order valence-electron chi connectivity index (χ1n) is 6.26. The number of hydrogen-bond donors (Lipinski definition) is 1. The van der Waals surface area contributed by atoms with E-state index < -0.39 is 0 Å². The summed E-state index contributed by atoms with van der Waals surface area (Å²) in [6.07, 6.45) is 0. The number of amides is 1. The fourth-order valence-electron chi connectivity index (χ4n) is 2.32. The fraction of sp³-hybridized carbons (Fsp3) is 0.500. The van der Waals surface area contributed by atoms with Gasteiger partial charge in [-0.3, -0.25) is 4.79 Å². The summed E-state index contributed by atoms with van der Waals surface area (Å²) in [4.78, 5) is 14.1. The smallest absolute Gasteiger partial charge is 0.231 e. The number of nitrogens with zero attached hydrogens (tertiary/aromatic N) is 1. The van der Waals surface area contributed by atoms with E-state index >= 15 is 0 Å². The maximum absolute atomic E-state index is 12.4. The van der Waals surface area contributed by atoms with E-state index in [4.69, 9.17) is 4.74 Å². The first kappa shape index (κ1) is 12.9. The molecule has 1 aliphatic heterocycles. The first-order valence-corrected chi connectivity index (χ1v) is 6.26. The minimum absolute atomic E-state index is 0.0806. The van der Waals surface area contributed by atoms with E-state index in [1.165, 1.54) is 0 Å². The third-order valence-electron chi connectivity index (χ3n) is 3.62. The first-order chi connectivity index (χ1) is 8.63. The van der Waals surface area contributed by atoms with Crippen LogP contribution in [0.2, 0.25) is 0 Å². The van der Waals surface area contributed by atoms with Crippen molar-refractivity contribution in [2.75, 3.05) is 32.1 Å². The Kier molecular flexibility index (Phi) is 3.87. The SMILES string of the molecule is COc1ccc(N(C)C(=O)C2CNCC2C)cc1. The second-order valence-corrected chi connectivity index (χ2v) is 4.84. The van der Waals surface area contributed by atoms with Crippen LogP contribution in [-0.4, -0.2) is 33.2 Å². The average Bonchev–Trinajstić information content (AvgIpc) is 2.83. The summed E-state index contributed by atoms with van der Waals surface area (Å²) in [5.74, 6) is 1.46. The molecule has 4 heteroatoms. The molecule has 18 heavy (non-hydrogen) atoms. The molecule has 1 aromatic rings. The molecule has 1 aromatic carbocycles. The summed E-state index contributed by atoms with van der Waals surface area (Å²) in [6, 6.07) is 7.55. The lowest BCUT2D eigenvalue weighted by Crippen LogP contribution is -2.36. The lowest BCUT2D eigenvalue weighted by Gasteiger charge is -2.23. The Labute approximate surface area is 108 Å². The van der Waals surface area contributed by atoms with Crippen molar-refractivity contribution in [1.29, 1.82) is 0 Å². The van der Waals surface area contributed by atoms with Crippen molar-refractivity contribution in [2.24, 2.45) is 11.8 Å². The highest BCUT2D eigenvalue weighted by Gasteiger charge is 2.31. The molecule has 4 nitrogen and oxygen atoms in total. The van der Waals surface area contributed by atoms with E-state index in [0.717, 1.165) is 24.5 Å². The summed E-state index contributed by atoms with van der Waals surface area (Å²) in [6.45, 7) is 3.82. The highest BCUT2D eigenvalue weighted by Crippen LogP contribution is 2.23. The van der Waals surface area contributed by atoms with E-state index in [2.05, 4.69) is 12.2 Å². The van der Waals surface area contributed by atoms with Gasteiger partial charge in [0.25, 0.3) is 0 Å². The number of hydrogen-bond acceptors (Lipinski definition) is 3. The molecule has 1 heterocycles. The van der Waals surface area contributed by atoms with Crippen molar-refractivity contribution in [3.05, 3.63) is 24.3 Å². The van der Waals surface area contributed by atoms with Crippen LogP contribution in [0.1, 0.15) is 6.92 Å². The Morgan fingerprint density at radius 2 is 2.00 bits per heavy atom. The van der Waals surface area contributed by atoms with Gasteiger partial charge in [0.2, 0.25) is 5.91 Å². The zero-order valence-corrected chi connectivity index (χ0v) is 11.1. The molecule has 1 aliphatic rings. The molecule has 1 N–H and O–H groups in total. The van der Waals surface area contributed by atoms with Crippen LogP contribution in [0.15, 0.2) is 24.3 Å². The van der Waals surface area contributed by atoms with Crippen LogP contribution in [0, 0.1) is 11.8 Å². The zero-order chi connectivity index (χ0) is 13.1. The number of anilines is 1. The summed E-state index contributed by atoms with van der Waals surface area (Å²) in [5.41, 5.74) is 0.903. The lowest BCUT2D eigenvalue weighted by molar-refractivity contribution is -0.122. The number of rotatable bonds is 3. The molecular formula is C14H20N2O2. The molecule has 2 rings (SSSR count). The largest absolute Gasteiger partial charge is 0.497 e. The maximum atomic E-state index is 12.4. The van der Waals surface area contributed by atoms with Gasteiger partial charge in [-0.25, -0.2) is 0 Å². The Morgan fingerprint density at radius 3 is 2.50 bits per heavy atom. The third kappa shape index (κ3) is 2.48. The molecule has 2 unspecified atom stereocenters. The van der Waals surface area contributed by atoms with Gasteiger partial charge in [-0.15, -0.1) is 0 Å². The van der Waals surface area contributed by atoms with Crippen LogP contribution in [0.5, 0.6) is 5.75 Å². The van der Waals surface area contributed by atoms with Crippen molar-refractivity contribution in [3.8, 4) is 5.75 Å². The van der Waals surface area contributed by atoms with Crippen LogP contribution in [0.3, 0.4) is 0 Å². The molecular weight excluding hydrogens is 228 g/mol. The number of carbonyl (C=O) groups is 1. The second kappa shape index (κ2) is 5.40. The summed E-state index contributed by atoms with van der Waals surface area (Å²) >= 11 is 0. The molecule has 1 saturated heterocycles. The second-order valence-electron chi connectivity index (χ2n) is 4.84. The highest BCUT2D eigenvalue weighted by atomic mass is 16.5. The summed E-state index contributed by atoms with van der Waals surface area (Å²) in [7, 11) is 3.46. The van der Waals surface area contributed by atoms with Gasteiger partial charge in [0.1, 0.15) is 5.75 Å². The zero-order valence-electron chi connectivity index (χ0n) is 11.1. The monoisotopic (exact) mass is 248 g/mol. The normalized spacial score (nSPS) is 22.8. The predicted octanol–water partition coefficient (Wildman–Crippen LogP) is 1.51. The number of methoxy groups -OCH3 is 1. The van der Waals surface area contributed by atoms with Crippen LogP contribution in [0.25, 0.3) is 0 Å². The molecule has 0 aromatic heterocycles. The third-order valence-corrected chi connectivity index (χ3v) is 3.62. The molecule has 0 saturated carbocycles. The summed E-state index contributed by atoms with van der Waals surface area (Å²) < 4.78 is 5.11. The molecule has 98 valence electrons. The van der Waals surface area contributed by atoms with E-state index in [-0.39, 0.29) is 11.8 Å². The van der Waals surface area contributed by atoms with Gasteiger partial charge in [-0.2, -0.15) is 0 Å². The van der Waals surface area contributed by atoms with E-state index in [1.54, 1.807) is 12.0 Å². The van der Waals surface area contributed by atoms with Crippen molar-refractivity contribution >= 4 is 11.6 Å². The average molecular weight is 248 g/mol. The molecule has 0 spiro atoms. The van der Waals surface area contributed by atoms with E-state index in [9.17, 15) is 4.79 Å². The van der Waals surface area contributed by atoms with Gasteiger partial charge in [-0.05, 0) is 36.7 Å². The van der Waals surface area contributed by atoms with Crippen molar-refractivity contribution in [1.82, 2.24) is 5.32 Å². The summed E-state index contributed by atoms with van der Waals surface area (Å²) in [5, 5.41) is 3.26. The number of nitrogens with one attached hydrogen (secondary N) is 1. The number of carbonyl (C=O) groups excluding carboxylic acids is 1. The maximum Gasteiger partial charge on any atom is 0.231 e. The molecule has 1 amide bonds. The van der Waals surface area contributed by atoms with Crippen LogP contribution < -0.4 is 15.0 Å².